The van der Waals surface area contributed by atoms with E-state index < -0.39 is 0 Å². The molecule has 0 aliphatic carbocycles. The molecule has 0 aliphatic rings. The molecule has 23 heavy (non-hydrogen) atoms. The van der Waals surface area contributed by atoms with Crippen molar-refractivity contribution in [1.82, 2.24) is 0 Å². The molecular weight excluding hydrogens is 362 g/mol. The van der Waals surface area contributed by atoms with Crippen LogP contribution in [0.25, 0.3) is 0 Å². The molecule has 2 aromatic carbocycles. The van der Waals surface area contributed by atoms with Crippen LogP contribution in [-0.4, -0.2) is 26.6 Å². The zero-order chi connectivity index (χ0) is 16.8. The summed E-state index contributed by atoms with van der Waals surface area (Å²) in [6, 6.07) is 11.8. The molecule has 118 valence electrons. The number of methoxy groups -OCH3 is 2. The number of ether oxygens (including phenoxy) is 3. The van der Waals surface area contributed by atoms with Crippen LogP contribution in [-0.2, 0) is 0 Å². The summed E-state index contributed by atoms with van der Waals surface area (Å²) < 4.78 is 16.5. The molecule has 6 heteroatoms. The largest absolute Gasteiger partial charge is 0.496 e. The predicted octanol–water partition coefficient (Wildman–Crippen LogP) is 3.60. The summed E-state index contributed by atoms with van der Waals surface area (Å²) in [6.07, 6.45) is 0. The van der Waals surface area contributed by atoms with Crippen LogP contribution < -0.4 is 14.2 Å². The summed E-state index contributed by atoms with van der Waals surface area (Å²) >= 11 is 3.34. The minimum absolute atomic E-state index is 0.138. The van der Waals surface area contributed by atoms with Crippen molar-refractivity contribution in [3.8, 4) is 23.3 Å². The number of carbonyl (C=O) groups is 1. The Morgan fingerprint density at radius 3 is 2.39 bits per heavy atom. The van der Waals surface area contributed by atoms with Gasteiger partial charge < -0.3 is 14.2 Å². The Morgan fingerprint density at radius 2 is 1.78 bits per heavy atom. The summed E-state index contributed by atoms with van der Waals surface area (Å²) in [4.78, 5) is 12.2. The third-order valence-corrected chi connectivity index (χ3v) is 3.74. The first kappa shape index (κ1) is 16.8. The zero-order valence-corrected chi connectivity index (χ0v) is 14.2. The lowest BCUT2D eigenvalue weighted by atomic mass is 10.1. The maximum atomic E-state index is 12.2. The van der Waals surface area contributed by atoms with Crippen molar-refractivity contribution in [2.45, 2.75) is 0 Å². The zero-order valence-electron chi connectivity index (χ0n) is 12.6. The minimum atomic E-state index is -0.181. The van der Waals surface area contributed by atoms with Crippen LogP contribution in [0.1, 0.15) is 15.9 Å². The number of carbonyl (C=O) groups excluding carboxylic acids is 1. The van der Waals surface area contributed by atoms with Crippen LogP contribution in [0.4, 0.5) is 0 Å². The number of ketones is 1. The lowest BCUT2D eigenvalue weighted by Gasteiger charge is -2.11. The second-order valence-corrected chi connectivity index (χ2v) is 5.39. The van der Waals surface area contributed by atoms with Crippen LogP contribution >= 0.6 is 15.9 Å². The first-order valence-corrected chi connectivity index (χ1v) is 7.46. The van der Waals surface area contributed by atoms with Crippen molar-refractivity contribution in [1.29, 1.82) is 5.26 Å². The van der Waals surface area contributed by atoms with Gasteiger partial charge in [-0.1, -0.05) is 0 Å². The van der Waals surface area contributed by atoms with Gasteiger partial charge in [0.05, 0.1) is 30.3 Å². The standard InChI is InChI=1S/C17H14BrNO4/c1-21-15-6-4-12(8-13(15)18)14(20)10-23-16-5-3-11(9-19)7-17(16)22-2/h3-8H,10H2,1-2H3. The molecule has 0 saturated carbocycles. The van der Waals surface area contributed by atoms with Crippen molar-refractivity contribution in [2.24, 2.45) is 0 Å². The van der Waals surface area contributed by atoms with Gasteiger partial charge in [0.1, 0.15) is 5.75 Å². The van der Waals surface area contributed by atoms with Gasteiger partial charge in [0.25, 0.3) is 0 Å². The second-order valence-electron chi connectivity index (χ2n) is 4.54. The fourth-order valence-electron chi connectivity index (χ4n) is 1.92. The fourth-order valence-corrected chi connectivity index (χ4v) is 2.46. The van der Waals surface area contributed by atoms with E-state index in [-0.39, 0.29) is 12.4 Å². The summed E-state index contributed by atoms with van der Waals surface area (Å²) in [5.74, 6) is 1.29. The molecule has 2 rings (SSSR count). The van der Waals surface area contributed by atoms with Gasteiger partial charge in [-0.15, -0.1) is 0 Å². The quantitative estimate of drug-likeness (QED) is 0.721. The molecule has 0 unspecified atom stereocenters. The van der Waals surface area contributed by atoms with Gasteiger partial charge in [-0.05, 0) is 46.3 Å². The number of halogens is 1. The van der Waals surface area contributed by atoms with Crippen LogP contribution in [0, 0.1) is 11.3 Å². The normalized spacial score (nSPS) is 9.83. The van der Waals surface area contributed by atoms with E-state index in [0.717, 1.165) is 0 Å². The average molecular weight is 376 g/mol. The highest BCUT2D eigenvalue weighted by atomic mass is 79.9. The molecule has 2 aromatic rings. The van der Waals surface area contributed by atoms with E-state index in [0.29, 0.717) is 32.8 Å². The first-order chi connectivity index (χ1) is 11.1. The van der Waals surface area contributed by atoms with Gasteiger partial charge in [0.2, 0.25) is 0 Å². The molecule has 0 aromatic heterocycles. The van der Waals surface area contributed by atoms with Gasteiger partial charge in [-0.25, -0.2) is 0 Å². The molecule has 0 radical (unpaired) electrons. The Hall–Kier alpha value is -2.52. The smallest absolute Gasteiger partial charge is 0.200 e. The van der Waals surface area contributed by atoms with Gasteiger partial charge in [0, 0.05) is 11.6 Å². The number of hydrogen-bond acceptors (Lipinski definition) is 5. The molecule has 0 aliphatic heterocycles. The van der Waals surface area contributed by atoms with Crippen molar-refractivity contribution < 1.29 is 19.0 Å². The molecule has 0 spiro atoms. The van der Waals surface area contributed by atoms with Crippen molar-refractivity contribution >= 4 is 21.7 Å². The summed E-state index contributed by atoms with van der Waals surface area (Å²) in [6.45, 7) is -0.138. The van der Waals surface area contributed by atoms with Crippen molar-refractivity contribution in [3.05, 3.63) is 52.0 Å². The molecular formula is C17H14BrNO4. The van der Waals surface area contributed by atoms with E-state index in [1.54, 1.807) is 43.5 Å². The highest BCUT2D eigenvalue weighted by Crippen LogP contribution is 2.29. The number of Topliss-reactive ketones (excluding diaryl/α,β-unsaturated/α-hetero) is 1. The Kier molecular flexibility index (Phi) is 5.61. The molecule has 0 amide bonds. The summed E-state index contributed by atoms with van der Waals surface area (Å²) in [5.41, 5.74) is 0.963. The summed E-state index contributed by atoms with van der Waals surface area (Å²) in [7, 11) is 3.04. The molecule has 0 atom stereocenters. The van der Waals surface area contributed by atoms with Crippen LogP contribution in [0.3, 0.4) is 0 Å². The lowest BCUT2D eigenvalue weighted by Crippen LogP contribution is -2.12. The number of nitriles is 1. The monoisotopic (exact) mass is 375 g/mol. The topological polar surface area (TPSA) is 68.5 Å². The highest BCUT2D eigenvalue weighted by molar-refractivity contribution is 9.10. The number of rotatable bonds is 6. The van der Waals surface area contributed by atoms with E-state index in [1.807, 2.05) is 6.07 Å². The van der Waals surface area contributed by atoms with Gasteiger partial charge in [-0.2, -0.15) is 5.26 Å². The molecule has 0 bridgehead atoms. The number of hydrogen-bond donors (Lipinski definition) is 0. The highest BCUT2D eigenvalue weighted by Gasteiger charge is 2.12. The minimum Gasteiger partial charge on any atom is -0.496 e. The van der Waals surface area contributed by atoms with Crippen LogP contribution in [0.2, 0.25) is 0 Å². The van der Waals surface area contributed by atoms with Gasteiger partial charge >= 0.3 is 0 Å². The van der Waals surface area contributed by atoms with Crippen LogP contribution in [0.5, 0.6) is 17.2 Å². The van der Waals surface area contributed by atoms with E-state index in [1.165, 1.54) is 7.11 Å². The van der Waals surface area contributed by atoms with E-state index in [4.69, 9.17) is 19.5 Å². The van der Waals surface area contributed by atoms with Crippen molar-refractivity contribution in [2.75, 3.05) is 20.8 Å². The molecule has 0 N–H and O–H groups in total. The average Bonchev–Trinajstić information content (AvgIpc) is 2.59. The Labute approximate surface area is 142 Å². The molecule has 0 heterocycles. The van der Waals surface area contributed by atoms with Gasteiger partial charge in [0.15, 0.2) is 23.9 Å². The van der Waals surface area contributed by atoms with Gasteiger partial charge in [-0.3, -0.25) is 4.79 Å². The van der Waals surface area contributed by atoms with Crippen molar-refractivity contribution in [3.63, 3.8) is 0 Å². The Bertz CT molecular complexity index is 768. The maximum Gasteiger partial charge on any atom is 0.200 e. The fraction of sp³-hybridized carbons (Fsp3) is 0.176. The predicted molar refractivity (Wildman–Crippen MR) is 88.2 cm³/mol. The molecule has 0 fully saturated rings. The Morgan fingerprint density at radius 1 is 1.09 bits per heavy atom. The maximum absolute atomic E-state index is 12.2. The van der Waals surface area contributed by atoms with Crippen LogP contribution in [0.15, 0.2) is 40.9 Å². The first-order valence-electron chi connectivity index (χ1n) is 6.66. The molecule has 5 nitrogen and oxygen atoms in total. The number of nitrogens with zero attached hydrogens (tertiary/aromatic N) is 1. The van der Waals surface area contributed by atoms with E-state index in [2.05, 4.69) is 15.9 Å². The number of benzene rings is 2. The Balaban J connectivity index is 2.10. The molecule has 0 saturated heterocycles. The lowest BCUT2D eigenvalue weighted by molar-refractivity contribution is 0.0919. The van der Waals surface area contributed by atoms with E-state index in [9.17, 15) is 4.79 Å². The SMILES string of the molecule is COc1ccc(C(=O)COc2ccc(C#N)cc2OC)cc1Br. The third-order valence-electron chi connectivity index (χ3n) is 3.13. The summed E-state index contributed by atoms with van der Waals surface area (Å²) in [5, 5.41) is 8.87. The van der Waals surface area contributed by atoms with E-state index >= 15 is 0 Å². The second kappa shape index (κ2) is 7.65. The third kappa shape index (κ3) is 4.02.